The molecule has 0 aromatic heterocycles. The van der Waals surface area contributed by atoms with E-state index in [-0.39, 0.29) is 11.9 Å². The Labute approximate surface area is 127 Å². The molecule has 2 rings (SSSR count). The van der Waals surface area contributed by atoms with Crippen molar-refractivity contribution >= 4 is 11.6 Å². The second-order valence-corrected chi connectivity index (χ2v) is 5.83. The first-order chi connectivity index (χ1) is 10.2. The summed E-state index contributed by atoms with van der Waals surface area (Å²) < 4.78 is 0. The average Bonchev–Trinajstić information content (AvgIpc) is 3.33. The first kappa shape index (κ1) is 15.8. The highest BCUT2D eigenvalue weighted by molar-refractivity contribution is 5.85. The lowest BCUT2D eigenvalue weighted by Gasteiger charge is -2.30. The quantitative estimate of drug-likeness (QED) is 0.723. The largest absolute Gasteiger partial charge is 0.357 e. The maximum Gasteiger partial charge on any atom is 0.242 e. The molecule has 0 bridgehead atoms. The van der Waals surface area contributed by atoms with Crippen LogP contribution in [0.4, 0.5) is 5.69 Å². The number of hydrogen-bond acceptors (Lipinski definition) is 3. The molecule has 3 N–H and O–H groups in total. The minimum absolute atomic E-state index is 0.123. The number of carbonyl (C=O) groups is 1. The van der Waals surface area contributed by atoms with Crippen molar-refractivity contribution in [1.29, 1.82) is 0 Å². The van der Waals surface area contributed by atoms with Gasteiger partial charge in [-0.15, -0.1) is 0 Å². The predicted molar refractivity (Wildman–Crippen MR) is 87.2 cm³/mol. The van der Waals surface area contributed by atoms with Gasteiger partial charge in [0.15, 0.2) is 0 Å². The number of unbranched alkanes of at least 4 members (excludes halogenated alkanes) is 1. The second kappa shape index (κ2) is 7.46. The Morgan fingerprint density at radius 2 is 2.05 bits per heavy atom. The van der Waals surface area contributed by atoms with Crippen LogP contribution in [0.2, 0.25) is 0 Å². The number of nitrogens with two attached hydrogens (primary N) is 1. The van der Waals surface area contributed by atoms with E-state index in [9.17, 15) is 4.79 Å². The van der Waals surface area contributed by atoms with Gasteiger partial charge in [-0.1, -0.05) is 25.5 Å². The first-order valence-corrected chi connectivity index (χ1v) is 8.02. The predicted octanol–water partition coefficient (Wildman–Crippen LogP) is 2.42. The molecule has 0 aliphatic heterocycles. The normalized spacial score (nSPS) is 15.6. The molecule has 1 atom stereocenters. The van der Waals surface area contributed by atoms with Crippen LogP contribution in [0, 0.1) is 0 Å². The van der Waals surface area contributed by atoms with E-state index in [1.165, 1.54) is 12.8 Å². The highest BCUT2D eigenvalue weighted by atomic mass is 16.2. The average molecular weight is 289 g/mol. The van der Waals surface area contributed by atoms with Gasteiger partial charge in [-0.25, -0.2) is 0 Å². The molecule has 116 valence electrons. The van der Waals surface area contributed by atoms with Crippen molar-refractivity contribution in [1.82, 2.24) is 5.32 Å². The number of hydrogen-bond donors (Lipinski definition) is 2. The maximum atomic E-state index is 12.3. The van der Waals surface area contributed by atoms with Crippen molar-refractivity contribution < 1.29 is 4.79 Å². The molecule has 1 aromatic rings. The van der Waals surface area contributed by atoms with Crippen LogP contribution in [0.5, 0.6) is 0 Å². The summed E-state index contributed by atoms with van der Waals surface area (Å²) >= 11 is 0. The lowest BCUT2D eigenvalue weighted by molar-refractivity contribution is -0.122. The van der Waals surface area contributed by atoms with Gasteiger partial charge in [-0.3, -0.25) is 4.79 Å². The summed E-state index contributed by atoms with van der Waals surface area (Å²) in [4.78, 5) is 14.6. The number of benzene rings is 1. The zero-order valence-electron chi connectivity index (χ0n) is 13.1. The second-order valence-electron chi connectivity index (χ2n) is 5.83. The van der Waals surface area contributed by atoms with E-state index < -0.39 is 0 Å². The third-order valence-corrected chi connectivity index (χ3v) is 4.04. The Hall–Kier alpha value is -1.55. The van der Waals surface area contributed by atoms with Crippen molar-refractivity contribution in [3.63, 3.8) is 0 Å². The third-order valence-electron chi connectivity index (χ3n) is 4.04. The van der Waals surface area contributed by atoms with Gasteiger partial charge in [0, 0.05) is 24.8 Å². The van der Waals surface area contributed by atoms with Crippen LogP contribution >= 0.6 is 0 Å². The Morgan fingerprint density at radius 3 is 2.57 bits per heavy atom. The molecular weight excluding hydrogens is 262 g/mol. The summed E-state index contributed by atoms with van der Waals surface area (Å²) in [6.07, 6.45) is 4.48. The molecule has 4 nitrogen and oxygen atoms in total. The monoisotopic (exact) mass is 289 g/mol. The van der Waals surface area contributed by atoms with Gasteiger partial charge in [0.1, 0.15) is 6.04 Å². The molecule has 1 amide bonds. The number of carbonyl (C=O) groups excluding carboxylic acids is 1. The molecule has 0 saturated heterocycles. The van der Waals surface area contributed by atoms with Crippen LogP contribution in [0.3, 0.4) is 0 Å². The van der Waals surface area contributed by atoms with Gasteiger partial charge < -0.3 is 16.0 Å². The number of nitrogens with one attached hydrogen (secondary N) is 1. The Morgan fingerprint density at radius 1 is 1.38 bits per heavy atom. The lowest BCUT2D eigenvalue weighted by atomic mass is 10.1. The molecule has 0 radical (unpaired) electrons. The van der Waals surface area contributed by atoms with E-state index in [2.05, 4.69) is 29.3 Å². The highest BCUT2D eigenvalue weighted by Crippen LogP contribution is 2.33. The third kappa shape index (κ3) is 4.21. The number of anilines is 1. The molecule has 1 fully saturated rings. The molecule has 1 aliphatic rings. The van der Waals surface area contributed by atoms with Crippen LogP contribution in [-0.4, -0.2) is 24.5 Å². The molecule has 0 spiro atoms. The number of nitrogens with zero attached hydrogens (tertiary/aromatic N) is 1. The van der Waals surface area contributed by atoms with Gasteiger partial charge in [0.05, 0.1) is 0 Å². The zero-order valence-corrected chi connectivity index (χ0v) is 13.1. The summed E-state index contributed by atoms with van der Waals surface area (Å²) in [5.74, 6) is 0.123. The molecule has 21 heavy (non-hydrogen) atoms. The molecule has 0 heterocycles. The molecule has 1 unspecified atom stereocenters. The van der Waals surface area contributed by atoms with E-state index in [4.69, 9.17) is 5.73 Å². The van der Waals surface area contributed by atoms with E-state index in [0.29, 0.717) is 12.6 Å². The molecule has 1 aromatic carbocycles. The number of rotatable bonds is 8. The van der Waals surface area contributed by atoms with Gasteiger partial charge in [0.2, 0.25) is 5.91 Å². The van der Waals surface area contributed by atoms with E-state index >= 15 is 0 Å². The number of amides is 1. The van der Waals surface area contributed by atoms with Crippen molar-refractivity contribution in [3.8, 4) is 0 Å². The van der Waals surface area contributed by atoms with Crippen LogP contribution in [-0.2, 0) is 11.3 Å². The van der Waals surface area contributed by atoms with E-state index in [1.807, 2.05) is 19.1 Å². The Bertz CT molecular complexity index is 454. The zero-order chi connectivity index (χ0) is 15.2. The standard InChI is InChI=1S/C17H27N3O/c1-3-4-11-19-17(21)13(2)20(16-9-10-16)15-7-5-14(12-18)6-8-15/h5-8,13,16H,3-4,9-12,18H2,1-2H3,(H,19,21). The van der Waals surface area contributed by atoms with Crippen LogP contribution in [0.25, 0.3) is 0 Å². The lowest BCUT2D eigenvalue weighted by Crippen LogP contribution is -2.46. The van der Waals surface area contributed by atoms with Gasteiger partial charge in [-0.05, 0) is 43.9 Å². The minimum atomic E-state index is -0.127. The minimum Gasteiger partial charge on any atom is -0.357 e. The van der Waals surface area contributed by atoms with Crippen molar-refractivity contribution in [2.45, 2.75) is 58.2 Å². The van der Waals surface area contributed by atoms with E-state index in [0.717, 1.165) is 30.6 Å². The smallest absolute Gasteiger partial charge is 0.242 e. The fourth-order valence-electron chi connectivity index (χ4n) is 2.57. The van der Waals surface area contributed by atoms with Crippen molar-refractivity contribution in [3.05, 3.63) is 29.8 Å². The van der Waals surface area contributed by atoms with Crippen LogP contribution in [0.1, 0.15) is 45.1 Å². The SMILES string of the molecule is CCCCNC(=O)C(C)N(c1ccc(CN)cc1)C1CC1. The van der Waals surface area contributed by atoms with Gasteiger partial charge in [0.25, 0.3) is 0 Å². The molecular formula is C17H27N3O. The fraction of sp³-hybridized carbons (Fsp3) is 0.588. The summed E-state index contributed by atoms with van der Waals surface area (Å²) in [7, 11) is 0. The summed E-state index contributed by atoms with van der Waals surface area (Å²) in [5.41, 5.74) is 7.88. The summed E-state index contributed by atoms with van der Waals surface area (Å²) in [6, 6.07) is 8.63. The van der Waals surface area contributed by atoms with Crippen molar-refractivity contribution in [2.75, 3.05) is 11.4 Å². The molecule has 4 heteroatoms. The molecule has 1 saturated carbocycles. The van der Waals surface area contributed by atoms with Gasteiger partial charge >= 0.3 is 0 Å². The van der Waals surface area contributed by atoms with Crippen molar-refractivity contribution in [2.24, 2.45) is 5.73 Å². The maximum absolute atomic E-state index is 12.3. The summed E-state index contributed by atoms with van der Waals surface area (Å²) in [5, 5.41) is 3.04. The van der Waals surface area contributed by atoms with Crippen LogP contribution in [0.15, 0.2) is 24.3 Å². The van der Waals surface area contributed by atoms with Gasteiger partial charge in [-0.2, -0.15) is 0 Å². The molecule has 1 aliphatic carbocycles. The van der Waals surface area contributed by atoms with Crippen LogP contribution < -0.4 is 16.0 Å². The summed E-state index contributed by atoms with van der Waals surface area (Å²) in [6.45, 7) is 5.45. The Balaban J connectivity index is 2.05. The Kier molecular flexibility index (Phi) is 5.62. The topological polar surface area (TPSA) is 58.4 Å². The fourth-order valence-corrected chi connectivity index (χ4v) is 2.57. The first-order valence-electron chi connectivity index (χ1n) is 8.02. The highest BCUT2D eigenvalue weighted by Gasteiger charge is 2.35. The van der Waals surface area contributed by atoms with E-state index in [1.54, 1.807) is 0 Å².